The molecule has 0 saturated heterocycles. The van der Waals surface area contributed by atoms with Crippen LogP contribution in [0.25, 0.3) is 0 Å². The topological polar surface area (TPSA) is 41.3 Å². The van der Waals surface area contributed by atoms with Crippen molar-refractivity contribution in [1.82, 2.24) is 5.32 Å². The lowest BCUT2D eigenvalue weighted by Crippen LogP contribution is -2.23. The number of rotatable bonds is 5. The molecule has 3 N–H and O–H groups in total. The Kier molecular flexibility index (Phi) is 4.72. The van der Waals surface area contributed by atoms with Crippen LogP contribution in [0.15, 0.2) is 18.2 Å². The zero-order valence-corrected chi connectivity index (χ0v) is 10.0. The van der Waals surface area contributed by atoms with Crippen molar-refractivity contribution in [2.24, 2.45) is 0 Å². The number of halogens is 1. The lowest BCUT2D eigenvalue weighted by atomic mass is 10.2. The molecule has 0 radical (unpaired) electrons. The van der Waals surface area contributed by atoms with Gasteiger partial charge in [0.25, 0.3) is 0 Å². The van der Waals surface area contributed by atoms with Gasteiger partial charge in [0.15, 0.2) is 0 Å². The van der Waals surface area contributed by atoms with E-state index in [1.165, 1.54) is 0 Å². The van der Waals surface area contributed by atoms with Crippen molar-refractivity contribution in [3.05, 3.63) is 23.2 Å². The van der Waals surface area contributed by atoms with Gasteiger partial charge in [-0.25, -0.2) is 0 Å². The molecule has 0 amide bonds. The van der Waals surface area contributed by atoms with E-state index in [9.17, 15) is 0 Å². The van der Waals surface area contributed by atoms with E-state index in [-0.39, 0.29) is 0 Å². The van der Waals surface area contributed by atoms with Crippen molar-refractivity contribution in [2.45, 2.75) is 6.42 Å². The van der Waals surface area contributed by atoms with Gasteiger partial charge in [0, 0.05) is 13.6 Å². The summed E-state index contributed by atoms with van der Waals surface area (Å²) in [4.78, 5) is 2.09. The summed E-state index contributed by atoms with van der Waals surface area (Å²) in [7, 11) is 3.96. The number of nitrogens with one attached hydrogen (secondary N) is 1. The first-order chi connectivity index (χ1) is 7.16. The molecule has 0 aliphatic rings. The van der Waals surface area contributed by atoms with Crippen LogP contribution in [0.3, 0.4) is 0 Å². The van der Waals surface area contributed by atoms with Crippen LogP contribution in [-0.4, -0.2) is 27.2 Å². The van der Waals surface area contributed by atoms with Gasteiger partial charge in [-0.3, -0.25) is 0 Å². The Balaban J connectivity index is 2.68. The largest absolute Gasteiger partial charge is 0.397 e. The molecule has 0 unspecified atom stereocenters. The summed E-state index contributed by atoms with van der Waals surface area (Å²) in [5.41, 5.74) is 7.54. The number of nitrogen functional groups attached to an aromatic ring is 1. The second-order valence-electron chi connectivity index (χ2n) is 3.56. The first kappa shape index (κ1) is 12.1. The Morgan fingerprint density at radius 3 is 2.80 bits per heavy atom. The van der Waals surface area contributed by atoms with Gasteiger partial charge in [-0.05, 0) is 32.1 Å². The molecule has 1 aromatic rings. The first-order valence-corrected chi connectivity index (χ1v) is 5.44. The summed E-state index contributed by atoms with van der Waals surface area (Å²) < 4.78 is 0. The molecule has 0 aromatic heterocycles. The molecule has 0 aliphatic carbocycles. The summed E-state index contributed by atoms with van der Waals surface area (Å²) in [6, 6.07) is 5.60. The summed E-state index contributed by atoms with van der Waals surface area (Å²) in [6.45, 7) is 1.93. The third kappa shape index (κ3) is 3.29. The fourth-order valence-corrected chi connectivity index (χ4v) is 1.87. The Hall–Kier alpha value is -0.930. The maximum absolute atomic E-state index is 6.10. The smallest absolute Gasteiger partial charge is 0.0786 e. The average Bonchev–Trinajstić information content (AvgIpc) is 2.18. The van der Waals surface area contributed by atoms with Crippen LogP contribution in [0, 0.1) is 0 Å². The molecular weight excluding hydrogens is 210 g/mol. The van der Waals surface area contributed by atoms with Crippen molar-refractivity contribution in [3.63, 3.8) is 0 Å². The van der Waals surface area contributed by atoms with Gasteiger partial charge in [0.2, 0.25) is 0 Å². The predicted molar refractivity (Wildman–Crippen MR) is 67.7 cm³/mol. The van der Waals surface area contributed by atoms with Gasteiger partial charge in [-0.1, -0.05) is 17.7 Å². The predicted octanol–water partition coefficient (Wildman–Crippen LogP) is 1.97. The van der Waals surface area contributed by atoms with Crippen LogP contribution in [-0.2, 0) is 0 Å². The Morgan fingerprint density at radius 2 is 2.20 bits per heavy atom. The molecule has 0 heterocycles. The molecule has 3 nitrogen and oxygen atoms in total. The van der Waals surface area contributed by atoms with E-state index in [2.05, 4.69) is 10.2 Å². The molecule has 4 heteroatoms. The van der Waals surface area contributed by atoms with Crippen LogP contribution in [0.2, 0.25) is 5.02 Å². The highest BCUT2D eigenvalue weighted by Gasteiger charge is 2.08. The Morgan fingerprint density at radius 1 is 1.47 bits per heavy atom. The maximum atomic E-state index is 6.10. The summed E-state index contributed by atoms with van der Waals surface area (Å²) in [5, 5.41) is 3.82. The fraction of sp³-hybridized carbons (Fsp3) is 0.455. The standard InChI is InChI=1S/C11H18ClN3/c1-14-7-4-8-15(2)11-9(12)5-3-6-10(11)13/h3,5-6,14H,4,7-8,13H2,1-2H3. The Bertz CT molecular complexity index is 294. The molecule has 15 heavy (non-hydrogen) atoms. The van der Waals surface area contributed by atoms with Crippen LogP contribution in [0.4, 0.5) is 11.4 Å². The van der Waals surface area contributed by atoms with E-state index < -0.39 is 0 Å². The molecule has 84 valence electrons. The molecular formula is C11H18ClN3. The summed E-state index contributed by atoms with van der Waals surface area (Å²) in [5.74, 6) is 0. The second kappa shape index (κ2) is 5.83. The van der Waals surface area contributed by atoms with Gasteiger partial charge >= 0.3 is 0 Å². The second-order valence-corrected chi connectivity index (χ2v) is 3.96. The average molecular weight is 228 g/mol. The minimum Gasteiger partial charge on any atom is -0.397 e. The maximum Gasteiger partial charge on any atom is 0.0786 e. The highest BCUT2D eigenvalue weighted by molar-refractivity contribution is 6.33. The highest BCUT2D eigenvalue weighted by atomic mass is 35.5. The highest BCUT2D eigenvalue weighted by Crippen LogP contribution is 2.30. The molecule has 0 saturated carbocycles. The molecule has 0 aliphatic heterocycles. The van der Waals surface area contributed by atoms with E-state index in [0.717, 1.165) is 30.9 Å². The first-order valence-electron chi connectivity index (χ1n) is 5.06. The number of hydrogen-bond donors (Lipinski definition) is 2. The van der Waals surface area contributed by atoms with Crippen LogP contribution in [0.1, 0.15) is 6.42 Å². The number of benzene rings is 1. The van der Waals surface area contributed by atoms with Crippen molar-refractivity contribution in [3.8, 4) is 0 Å². The van der Waals surface area contributed by atoms with Crippen LogP contribution in [0.5, 0.6) is 0 Å². The van der Waals surface area contributed by atoms with Gasteiger partial charge in [-0.15, -0.1) is 0 Å². The van der Waals surface area contributed by atoms with E-state index >= 15 is 0 Å². The number of hydrogen-bond acceptors (Lipinski definition) is 3. The summed E-state index contributed by atoms with van der Waals surface area (Å²) in [6.07, 6.45) is 1.07. The quantitative estimate of drug-likeness (QED) is 0.597. The molecule has 0 bridgehead atoms. The number of nitrogens with two attached hydrogens (primary N) is 1. The van der Waals surface area contributed by atoms with E-state index in [4.69, 9.17) is 17.3 Å². The SMILES string of the molecule is CNCCCN(C)c1c(N)cccc1Cl. The van der Waals surface area contributed by atoms with Crippen LogP contribution < -0.4 is 16.0 Å². The van der Waals surface area contributed by atoms with E-state index in [1.807, 2.05) is 32.3 Å². The van der Waals surface area contributed by atoms with E-state index in [1.54, 1.807) is 0 Å². The zero-order chi connectivity index (χ0) is 11.3. The third-order valence-electron chi connectivity index (χ3n) is 2.32. The number of para-hydroxylation sites is 1. The summed E-state index contributed by atoms with van der Waals surface area (Å²) >= 11 is 6.10. The van der Waals surface area contributed by atoms with Crippen molar-refractivity contribution in [2.75, 3.05) is 37.8 Å². The number of nitrogens with zero attached hydrogens (tertiary/aromatic N) is 1. The van der Waals surface area contributed by atoms with E-state index in [0.29, 0.717) is 5.02 Å². The molecule has 0 spiro atoms. The van der Waals surface area contributed by atoms with Gasteiger partial charge in [-0.2, -0.15) is 0 Å². The lowest BCUT2D eigenvalue weighted by molar-refractivity contribution is 0.713. The fourth-order valence-electron chi connectivity index (χ4n) is 1.54. The normalized spacial score (nSPS) is 10.3. The molecule has 1 rings (SSSR count). The minimum absolute atomic E-state index is 0.710. The minimum atomic E-state index is 0.710. The van der Waals surface area contributed by atoms with Crippen molar-refractivity contribution >= 4 is 23.0 Å². The molecule has 1 aromatic carbocycles. The van der Waals surface area contributed by atoms with Gasteiger partial charge in [0.1, 0.15) is 0 Å². The Labute approximate surface area is 96.2 Å². The van der Waals surface area contributed by atoms with Crippen molar-refractivity contribution < 1.29 is 0 Å². The lowest BCUT2D eigenvalue weighted by Gasteiger charge is -2.22. The monoisotopic (exact) mass is 227 g/mol. The molecule has 0 fully saturated rings. The number of anilines is 2. The zero-order valence-electron chi connectivity index (χ0n) is 9.26. The van der Waals surface area contributed by atoms with Gasteiger partial charge in [0.05, 0.1) is 16.4 Å². The van der Waals surface area contributed by atoms with Gasteiger partial charge < -0.3 is 16.0 Å². The van der Waals surface area contributed by atoms with Crippen molar-refractivity contribution in [1.29, 1.82) is 0 Å². The molecule has 0 atom stereocenters. The third-order valence-corrected chi connectivity index (χ3v) is 2.63. The van der Waals surface area contributed by atoms with Crippen LogP contribution >= 0.6 is 11.6 Å².